The summed E-state index contributed by atoms with van der Waals surface area (Å²) in [7, 11) is 0. The molecule has 0 bridgehead atoms. The van der Waals surface area contributed by atoms with Gasteiger partial charge in [-0.15, -0.1) is 0 Å². The predicted octanol–water partition coefficient (Wildman–Crippen LogP) is 2.84. The Labute approximate surface area is 123 Å². The van der Waals surface area contributed by atoms with E-state index in [4.69, 9.17) is 10.5 Å². The number of thioether (sulfide) groups is 1. The van der Waals surface area contributed by atoms with Crippen molar-refractivity contribution >= 4 is 17.7 Å². The van der Waals surface area contributed by atoms with E-state index >= 15 is 0 Å². The molecule has 5 nitrogen and oxygen atoms in total. The van der Waals surface area contributed by atoms with Gasteiger partial charge in [0.2, 0.25) is 5.95 Å². The van der Waals surface area contributed by atoms with Crippen molar-refractivity contribution in [1.82, 2.24) is 15.0 Å². The Kier molecular flexibility index (Phi) is 4.79. The van der Waals surface area contributed by atoms with Gasteiger partial charge in [0.1, 0.15) is 0 Å². The largest absolute Gasteiger partial charge is 0.461 e. The van der Waals surface area contributed by atoms with Gasteiger partial charge in [-0.25, -0.2) is 0 Å². The van der Waals surface area contributed by atoms with E-state index in [9.17, 15) is 0 Å². The van der Waals surface area contributed by atoms with Gasteiger partial charge in [0.15, 0.2) is 5.16 Å². The highest BCUT2D eigenvalue weighted by Crippen LogP contribution is 2.22. The minimum absolute atomic E-state index is 0.00595. The number of rotatable bonds is 5. The quantitative estimate of drug-likeness (QED) is 0.854. The molecule has 0 spiro atoms. The van der Waals surface area contributed by atoms with Crippen molar-refractivity contribution in [3.63, 3.8) is 0 Å². The lowest BCUT2D eigenvalue weighted by Crippen LogP contribution is -2.10. The first-order chi connectivity index (χ1) is 9.52. The van der Waals surface area contributed by atoms with E-state index < -0.39 is 0 Å². The maximum atomic E-state index is 5.67. The smallest absolute Gasteiger partial charge is 0.322 e. The minimum atomic E-state index is 0.00595. The van der Waals surface area contributed by atoms with Crippen molar-refractivity contribution in [2.75, 3.05) is 5.73 Å². The van der Waals surface area contributed by atoms with Crippen LogP contribution in [-0.2, 0) is 5.75 Å². The summed E-state index contributed by atoms with van der Waals surface area (Å²) in [4.78, 5) is 12.3. The number of aryl methyl sites for hydroxylation is 1. The van der Waals surface area contributed by atoms with Crippen LogP contribution < -0.4 is 10.5 Å². The maximum Gasteiger partial charge on any atom is 0.322 e. The fourth-order valence-electron chi connectivity index (χ4n) is 1.63. The molecule has 0 saturated carbocycles. The number of anilines is 1. The topological polar surface area (TPSA) is 73.9 Å². The van der Waals surface area contributed by atoms with E-state index in [1.165, 1.54) is 22.9 Å². The summed E-state index contributed by atoms with van der Waals surface area (Å²) >= 11 is 1.52. The number of hydrogen-bond donors (Lipinski definition) is 1. The Morgan fingerprint density at radius 3 is 2.75 bits per heavy atom. The number of ether oxygens (including phenoxy) is 1. The number of nitrogens with two attached hydrogens (primary N) is 1. The fourth-order valence-corrected chi connectivity index (χ4v) is 2.41. The highest BCUT2D eigenvalue weighted by Gasteiger charge is 2.08. The van der Waals surface area contributed by atoms with Crippen LogP contribution in [0, 0.1) is 6.92 Å². The molecule has 6 heteroatoms. The SMILES string of the molecule is Cc1cccc(CSc2nc(N)nc(OC(C)C)n2)c1. The number of benzene rings is 1. The van der Waals surface area contributed by atoms with E-state index in [-0.39, 0.29) is 18.1 Å². The van der Waals surface area contributed by atoms with Gasteiger partial charge in [-0.2, -0.15) is 15.0 Å². The summed E-state index contributed by atoms with van der Waals surface area (Å²) < 4.78 is 5.45. The molecule has 1 heterocycles. The van der Waals surface area contributed by atoms with Gasteiger partial charge >= 0.3 is 6.01 Å². The summed E-state index contributed by atoms with van der Waals surface area (Å²) in [5, 5.41) is 0.578. The highest BCUT2D eigenvalue weighted by molar-refractivity contribution is 7.98. The van der Waals surface area contributed by atoms with Crippen molar-refractivity contribution in [3.05, 3.63) is 35.4 Å². The molecule has 0 saturated heterocycles. The Bertz CT molecular complexity index is 589. The first kappa shape index (κ1) is 14.6. The Morgan fingerprint density at radius 2 is 2.05 bits per heavy atom. The van der Waals surface area contributed by atoms with Crippen LogP contribution in [0.4, 0.5) is 5.95 Å². The van der Waals surface area contributed by atoms with Crippen molar-refractivity contribution < 1.29 is 4.74 Å². The second kappa shape index (κ2) is 6.56. The van der Waals surface area contributed by atoms with Crippen LogP contribution in [0.15, 0.2) is 29.4 Å². The standard InChI is InChI=1S/C14H18N4OS/c1-9(2)19-13-16-12(15)17-14(18-13)20-8-11-6-4-5-10(3)7-11/h4-7,9H,8H2,1-3H3,(H2,15,16,17,18). The average Bonchev–Trinajstić information content (AvgIpc) is 2.35. The normalized spacial score (nSPS) is 10.8. The van der Waals surface area contributed by atoms with Crippen LogP contribution in [-0.4, -0.2) is 21.1 Å². The monoisotopic (exact) mass is 290 g/mol. The lowest BCUT2D eigenvalue weighted by Gasteiger charge is -2.09. The van der Waals surface area contributed by atoms with E-state index in [1.807, 2.05) is 19.9 Å². The summed E-state index contributed by atoms with van der Waals surface area (Å²) in [6.07, 6.45) is 0.00595. The molecule has 0 aliphatic rings. The zero-order chi connectivity index (χ0) is 14.5. The first-order valence-electron chi connectivity index (χ1n) is 6.39. The first-order valence-corrected chi connectivity index (χ1v) is 7.38. The number of hydrogen-bond acceptors (Lipinski definition) is 6. The van der Waals surface area contributed by atoms with Gasteiger partial charge in [-0.3, -0.25) is 0 Å². The molecule has 0 atom stereocenters. The van der Waals surface area contributed by atoms with Crippen LogP contribution in [0.3, 0.4) is 0 Å². The predicted molar refractivity (Wildman–Crippen MR) is 80.7 cm³/mol. The Morgan fingerprint density at radius 1 is 1.25 bits per heavy atom. The Hall–Kier alpha value is -1.82. The molecule has 2 rings (SSSR count). The molecule has 1 aromatic carbocycles. The molecule has 106 valence electrons. The summed E-state index contributed by atoms with van der Waals surface area (Å²) in [6, 6.07) is 8.61. The molecule has 0 aliphatic carbocycles. The molecule has 0 unspecified atom stereocenters. The van der Waals surface area contributed by atoms with Crippen LogP contribution in [0.1, 0.15) is 25.0 Å². The molecule has 0 amide bonds. The van der Waals surface area contributed by atoms with Crippen LogP contribution >= 0.6 is 11.8 Å². The second-order valence-corrected chi connectivity index (χ2v) is 5.65. The van der Waals surface area contributed by atoms with Gasteiger partial charge in [0, 0.05) is 5.75 Å². The summed E-state index contributed by atoms with van der Waals surface area (Å²) in [5.41, 5.74) is 8.13. The second-order valence-electron chi connectivity index (χ2n) is 4.70. The Balaban J connectivity index is 2.07. The third kappa shape index (κ3) is 4.38. The lowest BCUT2D eigenvalue weighted by atomic mass is 10.2. The van der Waals surface area contributed by atoms with Gasteiger partial charge in [0.05, 0.1) is 6.10 Å². The van der Waals surface area contributed by atoms with Crippen LogP contribution in [0.5, 0.6) is 6.01 Å². The minimum Gasteiger partial charge on any atom is -0.461 e. The lowest BCUT2D eigenvalue weighted by molar-refractivity contribution is 0.219. The molecule has 20 heavy (non-hydrogen) atoms. The zero-order valence-corrected chi connectivity index (χ0v) is 12.6. The van der Waals surface area contributed by atoms with Crippen molar-refractivity contribution in [3.8, 4) is 6.01 Å². The van der Waals surface area contributed by atoms with Gasteiger partial charge in [0.25, 0.3) is 0 Å². The number of nitrogens with zero attached hydrogens (tertiary/aromatic N) is 3. The van der Waals surface area contributed by atoms with E-state index in [1.54, 1.807) is 0 Å². The fraction of sp³-hybridized carbons (Fsp3) is 0.357. The van der Waals surface area contributed by atoms with Crippen molar-refractivity contribution in [1.29, 1.82) is 0 Å². The maximum absolute atomic E-state index is 5.67. The van der Waals surface area contributed by atoms with E-state index in [0.717, 1.165) is 5.75 Å². The van der Waals surface area contributed by atoms with Crippen molar-refractivity contribution in [2.45, 2.75) is 37.8 Å². The third-order valence-corrected chi connectivity index (χ3v) is 3.32. The van der Waals surface area contributed by atoms with Gasteiger partial charge in [-0.05, 0) is 26.3 Å². The van der Waals surface area contributed by atoms with Gasteiger partial charge in [-0.1, -0.05) is 41.6 Å². The third-order valence-electron chi connectivity index (χ3n) is 2.40. The number of nitrogen functional groups attached to an aromatic ring is 1. The molecular weight excluding hydrogens is 272 g/mol. The molecule has 1 aromatic heterocycles. The van der Waals surface area contributed by atoms with Crippen molar-refractivity contribution in [2.24, 2.45) is 0 Å². The summed E-state index contributed by atoms with van der Waals surface area (Å²) in [6.45, 7) is 5.91. The van der Waals surface area contributed by atoms with E-state index in [0.29, 0.717) is 5.16 Å². The average molecular weight is 290 g/mol. The molecule has 0 radical (unpaired) electrons. The molecule has 0 fully saturated rings. The summed E-state index contributed by atoms with van der Waals surface area (Å²) in [5.74, 6) is 0.967. The van der Waals surface area contributed by atoms with Crippen LogP contribution in [0.25, 0.3) is 0 Å². The molecule has 0 aliphatic heterocycles. The zero-order valence-electron chi connectivity index (χ0n) is 11.8. The van der Waals surface area contributed by atoms with Crippen LogP contribution in [0.2, 0.25) is 0 Å². The molecule has 2 aromatic rings. The number of aromatic nitrogens is 3. The molecule has 2 N–H and O–H groups in total. The van der Waals surface area contributed by atoms with E-state index in [2.05, 4.69) is 40.1 Å². The van der Waals surface area contributed by atoms with Gasteiger partial charge < -0.3 is 10.5 Å². The molecular formula is C14H18N4OS. The highest BCUT2D eigenvalue weighted by atomic mass is 32.2.